The fourth-order valence-electron chi connectivity index (χ4n) is 2.29. The zero-order valence-corrected chi connectivity index (χ0v) is 15.7. The van der Waals surface area contributed by atoms with E-state index in [1.807, 2.05) is 0 Å². The molecular formula is C17H22N2O6S. The first-order valence-electron chi connectivity index (χ1n) is 7.78. The number of benzene rings is 1. The van der Waals surface area contributed by atoms with Gasteiger partial charge in [-0.15, -0.1) is 0 Å². The number of carbonyl (C=O) groups is 1. The maximum atomic E-state index is 12.1. The van der Waals surface area contributed by atoms with Crippen molar-refractivity contribution >= 4 is 15.9 Å². The largest absolute Gasteiger partial charge is 0.493 e. The Labute approximate surface area is 152 Å². The Hall–Kier alpha value is -2.52. The van der Waals surface area contributed by atoms with Gasteiger partial charge in [-0.25, -0.2) is 8.42 Å². The molecule has 0 spiro atoms. The van der Waals surface area contributed by atoms with E-state index in [4.69, 9.17) is 13.9 Å². The van der Waals surface area contributed by atoms with Crippen molar-refractivity contribution in [1.82, 2.24) is 9.62 Å². The lowest BCUT2D eigenvalue weighted by Gasteiger charge is -2.20. The van der Waals surface area contributed by atoms with E-state index in [2.05, 4.69) is 5.32 Å². The van der Waals surface area contributed by atoms with Gasteiger partial charge in [0.1, 0.15) is 5.76 Å². The molecule has 0 radical (unpaired) electrons. The number of nitrogens with zero attached hydrogens (tertiary/aromatic N) is 1. The van der Waals surface area contributed by atoms with Gasteiger partial charge >= 0.3 is 0 Å². The van der Waals surface area contributed by atoms with Gasteiger partial charge in [-0.2, -0.15) is 4.31 Å². The molecule has 9 heteroatoms. The lowest BCUT2D eigenvalue weighted by atomic mass is 10.2. The van der Waals surface area contributed by atoms with Gasteiger partial charge in [0, 0.05) is 6.54 Å². The standard InChI is InChI=1S/C17H22N2O6S/c1-23-15-7-6-13(9-16(15)24-2)11-19(26(3,21)22)12-17(20)18-10-14-5-4-8-25-14/h4-9H,10-12H2,1-3H3,(H,18,20). The summed E-state index contributed by atoms with van der Waals surface area (Å²) in [6, 6.07) is 8.52. The Kier molecular flexibility index (Phi) is 6.64. The molecule has 1 N–H and O–H groups in total. The molecule has 142 valence electrons. The minimum absolute atomic E-state index is 0.0351. The van der Waals surface area contributed by atoms with Crippen LogP contribution in [0.5, 0.6) is 11.5 Å². The van der Waals surface area contributed by atoms with E-state index in [9.17, 15) is 13.2 Å². The number of carbonyl (C=O) groups excluding carboxylic acids is 1. The smallest absolute Gasteiger partial charge is 0.235 e. The molecule has 1 heterocycles. The minimum Gasteiger partial charge on any atom is -0.493 e. The van der Waals surface area contributed by atoms with Gasteiger partial charge in [0.05, 0.1) is 39.8 Å². The summed E-state index contributed by atoms with van der Waals surface area (Å²) in [5.41, 5.74) is 0.673. The summed E-state index contributed by atoms with van der Waals surface area (Å²) < 4.78 is 40.7. The maximum Gasteiger partial charge on any atom is 0.235 e. The number of ether oxygens (including phenoxy) is 2. The van der Waals surface area contributed by atoms with Crippen molar-refractivity contribution in [3.05, 3.63) is 47.9 Å². The summed E-state index contributed by atoms with van der Waals surface area (Å²) in [5, 5.41) is 2.63. The molecule has 2 rings (SSSR count). The minimum atomic E-state index is -3.59. The predicted molar refractivity (Wildman–Crippen MR) is 95.4 cm³/mol. The Morgan fingerprint density at radius 2 is 1.92 bits per heavy atom. The monoisotopic (exact) mass is 382 g/mol. The molecule has 0 saturated carbocycles. The van der Waals surface area contributed by atoms with Crippen LogP contribution >= 0.6 is 0 Å². The number of amides is 1. The highest BCUT2D eigenvalue weighted by molar-refractivity contribution is 7.88. The molecule has 1 amide bonds. The van der Waals surface area contributed by atoms with Gasteiger partial charge in [0.25, 0.3) is 0 Å². The molecule has 0 aliphatic carbocycles. The van der Waals surface area contributed by atoms with Crippen LogP contribution in [0.3, 0.4) is 0 Å². The topological polar surface area (TPSA) is 98.1 Å². The lowest BCUT2D eigenvalue weighted by molar-refractivity contribution is -0.121. The first kappa shape index (κ1) is 19.8. The van der Waals surface area contributed by atoms with E-state index >= 15 is 0 Å². The average Bonchev–Trinajstić information content (AvgIpc) is 3.12. The van der Waals surface area contributed by atoms with E-state index in [0.29, 0.717) is 22.8 Å². The highest BCUT2D eigenvalue weighted by atomic mass is 32.2. The van der Waals surface area contributed by atoms with Gasteiger partial charge < -0.3 is 19.2 Å². The summed E-state index contributed by atoms with van der Waals surface area (Å²) in [6.45, 7) is -0.0684. The zero-order valence-electron chi connectivity index (χ0n) is 14.9. The van der Waals surface area contributed by atoms with Gasteiger partial charge in [-0.05, 0) is 29.8 Å². The fourth-order valence-corrected chi connectivity index (χ4v) is 3.02. The molecule has 0 aliphatic rings. The number of rotatable bonds is 9. The van der Waals surface area contributed by atoms with Crippen LogP contribution in [0.1, 0.15) is 11.3 Å². The number of sulfonamides is 1. The van der Waals surface area contributed by atoms with Gasteiger partial charge in [-0.1, -0.05) is 6.07 Å². The van der Waals surface area contributed by atoms with Crippen LogP contribution in [0.25, 0.3) is 0 Å². The molecular weight excluding hydrogens is 360 g/mol. The molecule has 1 aromatic carbocycles. The first-order valence-corrected chi connectivity index (χ1v) is 9.63. The lowest BCUT2D eigenvalue weighted by Crippen LogP contribution is -2.39. The molecule has 0 unspecified atom stereocenters. The third-order valence-corrected chi connectivity index (χ3v) is 4.83. The second-order valence-electron chi connectivity index (χ2n) is 5.58. The molecule has 0 aliphatic heterocycles. The Morgan fingerprint density at radius 1 is 1.19 bits per heavy atom. The number of nitrogens with one attached hydrogen (secondary N) is 1. The molecule has 0 saturated heterocycles. The molecule has 26 heavy (non-hydrogen) atoms. The molecule has 8 nitrogen and oxygen atoms in total. The van der Waals surface area contributed by atoms with Crippen molar-refractivity contribution in [2.24, 2.45) is 0 Å². The van der Waals surface area contributed by atoms with Crippen LogP contribution in [0.2, 0.25) is 0 Å². The average molecular weight is 382 g/mol. The van der Waals surface area contributed by atoms with Crippen molar-refractivity contribution in [3.8, 4) is 11.5 Å². The van der Waals surface area contributed by atoms with Crippen molar-refractivity contribution in [2.75, 3.05) is 27.0 Å². The fraction of sp³-hybridized carbons (Fsp3) is 0.353. The normalized spacial score (nSPS) is 11.4. The van der Waals surface area contributed by atoms with Crippen LogP contribution in [0.15, 0.2) is 41.0 Å². The second kappa shape index (κ2) is 8.72. The van der Waals surface area contributed by atoms with E-state index in [0.717, 1.165) is 10.6 Å². The van der Waals surface area contributed by atoms with Crippen molar-refractivity contribution < 1.29 is 27.1 Å². The highest BCUT2D eigenvalue weighted by Crippen LogP contribution is 2.28. The first-order chi connectivity index (χ1) is 12.3. The molecule has 2 aromatic rings. The third-order valence-electron chi connectivity index (χ3n) is 3.64. The van der Waals surface area contributed by atoms with Crippen LogP contribution in [-0.4, -0.2) is 45.7 Å². The van der Waals surface area contributed by atoms with Crippen LogP contribution in [-0.2, 0) is 27.9 Å². The molecule has 0 fully saturated rings. The predicted octanol–water partition coefficient (Wildman–Crippen LogP) is 1.37. The number of furan rings is 1. The number of hydrogen-bond acceptors (Lipinski definition) is 6. The second-order valence-corrected chi connectivity index (χ2v) is 7.56. The Bertz CT molecular complexity index is 833. The Morgan fingerprint density at radius 3 is 2.50 bits per heavy atom. The van der Waals surface area contributed by atoms with Gasteiger partial charge in [-0.3, -0.25) is 4.79 Å². The van der Waals surface area contributed by atoms with E-state index < -0.39 is 15.9 Å². The molecule has 1 aromatic heterocycles. The van der Waals surface area contributed by atoms with Crippen molar-refractivity contribution in [2.45, 2.75) is 13.1 Å². The maximum absolute atomic E-state index is 12.1. The van der Waals surface area contributed by atoms with Crippen molar-refractivity contribution in [3.63, 3.8) is 0 Å². The summed E-state index contributed by atoms with van der Waals surface area (Å²) in [5.74, 6) is 1.19. The van der Waals surface area contributed by atoms with E-state index in [1.165, 1.54) is 20.5 Å². The summed E-state index contributed by atoms with van der Waals surface area (Å²) in [7, 11) is -0.573. The van der Waals surface area contributed by atoms with Gasteiger partial charge in [0.15, 0.2) is 11.5 Å². The molecule has 0 bridgehead atoms. The summed E-state index contributed by atoms with van der Waals surface area (Å²) in [4.78, 5) is 12.1. The summed E-state index contributed by atoms with van der Waals surface area (Å²) in [6.07, 6.45) is 2.56. The third kappa shape index (κ3) is 5.50. The summed E-state index contributed by atoms with van der Waals surface area (Å²) >= 11 is 0. The zero-order chi connectivity index (χ0) is 19.2. The van der Waals surface area contributed by atoms with Crippen LogP contribution in [0.4, 0.5) is 0 Å². The number of hydrogen-bond donors (Lipinski definition) is 1. The van der Waals surface area contributed by atoms with Gasteiger partial charge in [0.2, 0.25) is 15.9 Å². The van der Waals surface area contributed by atoms with E-state index in [-0.39, 0.29) is 19.6 Å². The Balaban J connectivity index is 2.06. The van der Waals surface area contributed by atoms with Crippen LogP contribution in [0, 0.1) is 0 Å². The quantitative estimate of drug-likeness (QED) is 0.703. The number of methoxy groups -OCH3 is 2. The SMILES string of the molecule is COc1ccc(CN(CC(=O)NCc2ccco2)S(C)(=O)=O)cc1OC. The van der Waals surface area contributed by atoms with Crippen LogP contribution < -0.4 is 14.8 Å². The molecule has 0 atom stereocenters. The van der Waals surface area contributed by atoms with Crippen molar-refractivity contribution in [1.29, 1.82) is 0 Å². The van der Waals surface area contributed by atoms with E-state index in [1.54, 1.807) is 30.3 Å². The highest BCUT2D eigenvalue weighted by Gasteiger charge is 2.21.